The van der Waals surface area contributed by atoms with Gasteiger partial charge < -0.3 is 10.2 Å². The molecule has 1 N–H and O–H groups in total. The van der Waals surface area contributed by atoms with Gasteiger partial charge in [0.05, 0.1) is 15.2 Å². The van der Waals surface area contributed by atoms with Crippen LogP contribution in [0, 0.1) is 0 Å². The molecule has 0 saturated carbocycles. The molecule has 1 aliphatic rings. The van der Waals surface area contributed by atoms with Gasteiger partial charge in [0.15, 0.2) is 0 Å². The van der Waals surface area contributed by atoms with E-state index in [9.17, 15) is 4.79 Å². The number of carbonyl (C=O) groups is 1. The number of piperazine rings is 1. The molecule has 4 rings (SSSR count). The number of rotatable bonds is 9. The molecular formula is C24H30N4OS. The van der Waals surface area contributed by atoms with Crippen LogP contribution in [-0.4, -0.2) is 60.0 Å². The van der Waals surface area contributed by atoms with Gasteiger partial charge in [-0.15, -0.1) is 11.3 Å². The van der Waals surface area contributed by atoms with Crippen LogP contribution in [0.4, 0.5) is 0 Å². The van der Waals surface area contributed by atoms with Crippen molar-refractivity contribution in [2.24, 2.45) is 0 Å². The number of thiazole rings is 1. The number of benzene rings is 2. The van der Waals surface area contributed by atoms with Crippen molar-refractivity contribution in [2.45, 2.75) is 25.8 Å². The number of amides is 1. The lowest BCUT2D eigenvalue weighted by Gasteiger charge is -2.34. The molecule has 0 radical (unpaired) electrons. The fourth-order valence-corrected chi connectivity index (χ4v) is 4.85. The van der Waals surface area contributed by atoms with E-state index in [4.69, 9.17) is 0 Å². The average Bonchev–Trinajstić information content (AvgIpc) is 3.20. The predicted octanol–water partition coefficient (Wildman–Crippen LogP) is 3.55. The predicted molar refractivity (Wildman–Crippen MR) is 124 cm³/mol. The highest BCUT2D eigenvalue weighted by Gasteiger charge is 2.16. The molecule has 3 aromatic rings. The summed E-state index contributed by atoms with van der Waals surface area (Å²) in [6.07, 6.45) is 2.23. The van der Waals surface area contributed by atoms with E-state index in [-0.39, 0.29) is 5.91 Å². The number of aryl methyl sites for hydroxylation is 1. The molecule has 1 aromatic heterocycles. The summed E-state index contributed by atoms with van der Waals surface area (Å²) in [5.41, 5.74) is 2.42. The first-order valence-electron chi connectivity index (χ1n) is 10.9. The normalized spacial score (nSPS) is 15.5. The van der Waals surface area contributed by atoms with Crippen LogP contribution in [0.1, 0.15) is 23.4 Å². The monoisotopic (exact) mass is 422 g/mol. The van der Waals surface area contributed by atoms with Gasteiger partial charge in [0.25, 0.3) is 0 Å². The zero-order valence-electron chi connectivity index (χ0n) is 17.4. The van der Waals surface area contributed by atoms with Gasteiger partial charge in [-0.25, -0.2) is 4.98 Å². The summed E-state index contributed by atoms with van der Waals surface area (Å²) in [6.45, 7) is 7.29. The molecule has 2 heterocycles. The van der Waals surface area contributed by atoms with Crippen LogP contribution in [-0.2, 0) is 17.8 Å². The molecule has 5 nitrogen and oxygen atoms in total. The third-order valence-electron chi connectivity index (χ3n) is 5.59. The smallest absolute Gasteiger partial charge is 0.220 e. The largest absolute Gasteiger partial charge is 0.356 e. The maximum Gasteiger partial charge on any atom is 0.220 e. The Hall–Kier alpha value is -2.28. The van der Waals surface area contributed by atoms with Gasteiger partial charge >= 0.3 is 0 Å². The minimum absolute atomic E-state index is 0.127. The lowest BCUT2D eigenvalue weighted by Crippen LogP contribution is -2.46. The third-order valence-corrected chi connectivity index (χ3v) is 6.69. The fourth-order valence-electron chi connectivity index (χ4n) is 3.88. The molecule has 0 aliphatic carbocycles. The quantitative estimate of drug-likeness (QED) is 0.536. The van der Waals surface area contributed by atoms with E-state index in [1.807, 2.05) is 18.2 Å². The Bertz CT molecular complexity index is 902. The van der Waals surface area contributed by atoms with Crippen molar-refractivity contribution in [1.82, 2.24) is 20.1 Å². The molecule has 158 valence electrons. The molecule has 0 unspecified atom stereocenters. The van der Waals surface area contributed by atoms with E-state index in [0.29, 0.717) is 12.8 Å². The number of carbonyl (C=O) groups excluding carboxylic acids is 1. The number of nitrogens with one attached hydrogen (secondary N) is 1. The van der Waals surface area contributed by atoms with Gasteiger partial charge in [0, 0.05) is 52.1 Å². The Kier molecular flexibility index (Phi) is 7.45. The van der Waals surface area contributed by atoms with Crippen molar-refractivity contribution in [3.8, 4) is 0 Å². The zero-order valence-corrected chi connectivity index (χ0v) is 18.2. The van der Waals surface area contributed by atoms with Crippen molar-refractivity contribution in [3.05, 3.63) is 65.2 Å². The van der Waals surface area contributed by atoms with E-state index >= 15 is 0 Å². The molecule has 1 saturated heterocycles. The Morgan fingerprint density at radius 1 is 0.967 bits per heavy atom. The van der Waals surface area contributed by atoms with Gasteiger partial charge in [0.2, 0.25) is 5.91 Å². The summed E-state index contributed by atoms with van der Waals surface area (Å²) < 4.78 is 1.19. The standard InChI is InChI=1S/C24H30N4OS/c29-23(11-12-24-26-21-9-4-5-10-22(21)30-24)25-13-6-14-27-15-17-28(18-16-27)19-20-7-2-1-3-8-20/h1-5,7-10H,6,11-19H2,(H,25,29). The molecule has 6 heteroatoms. The highest BCUT2D eigenvalue weighted by Crippen LogP contribution is 2.22. The summed E-state index contributed by atoms with van der Waals surface area (Å²) in [4.78, 5) is 21.8. The van der Waals surface area contributed by atoms with Crippen LogP contribution in [0.5, 0.6) is 0 Å². The van der Waals surface area contributed by atoms with Crippen molar-refractivity contribution in [2.75, 3.05) is 39.3 Å². The van der Waals surface area contributed by atoms with Crippen LogP contribution in [0.2, 0.25) is 0 Å². The fraction of sp³-hybridized carbons (Fsp3) is 0.417. The first-order chi connectivity index (χ1) is 14.8. The van der Waals surface area contributed by atoms with E-state index in [1.165, 1.54) is 10.3 Å². The lowest BCUT2D eigenvalue weighted by molar-refractivity contribution is -0.121. The van der Waals surface area contributed by atoms with Crippen LogP contribution in [0.3, 0.4) is 0 Å². The zero-order chi connectivity index (χ0) is 20.6. The minimum Gasteiger partial charge on any atom is -0.356 e. The lowest BCUT2D eigenvalue weighted by atomic mass is 10.2. The number of hydrogen-bond acceptors (Lipinski definition) is 5. The second kappa shape index (κ2) is 10.7. The second-order valence-electron chi connectivity index (χ2n) is 7.88. The topological polar surface area (TPSA) is 48.5 Å². The summed E-state index contributed by atoms with van der Waals surface area (Å²) in [7, 11) is 0. The number of nitrogens with zero attached hydrogens (tertiary/aromatic N) is 3. The summed E-state index contributed by atoms with van der Waals surface area (Å²) in [5.74, 6) is 0.127. The maximum absolute atomic E-state index is 12.1. The van der Waals surface area contributed by atoms with Gasteiger partial charge in [0.1, 0.15) is 0 Å². The molecule has 2 aromatic carbocycles. The molecule has 0 spiro atoms. The molecule has 1 amide bonds. The number of aromatic nitrogens is 1. The average molecular weight is 423 g/mol. The molecular weight excluding hydrogens is 392 g/mol. The van der Waals surface area contributed by atoms with Crippen molar-refractivity contribution in [3.63, 3.8) is 0 Å². The van der Waals surface area contributed by atoms with Crippen molar-refractivity contribution < 1.29 is 4.79 Å². The van der Waals surface area contributed by atoms with E-state index in [0.717, 1.165) is 62.8 Å². The molecule has 0 bridgehead atoms. The van der Waals surface area contributed by atoms with Gasteiger partial charge in [-0.2, -0.15) is 0 Å². The van der Waals surface area contributed by atoms with Crippen LogP contribution in [0.15, 0.2) is 54.6 Å². The highest BCUT2D eigenvalue weighted by molar-refractivity contribution is 7.18. The van der Waals surface area contributed by atoms with Crippen LogP contribution in [0.25, 0.3) is 10.2 Å². The van der Waals surface area contributed by atoms with Gasteiger partial charge in [-0.05, 0) is 30.7 Å². The first kappa shape index (κ1) is 21.0. The summed E-state index contributed by atoms with van der Waals surface area (Å²) >= 11 is 1.69. The molecule has 1 aliphatic heterocycles. The van der Waals surface area contributed by atoms with Crippen LogP contribution >= 0.6 is 11.3 Å². The number of hydrogen-bond donors (Lipinski definition) is 1. The molecule has 0 atom stereocenters. The first-order valence-corrected chi connectivity index (χ1v) is 11.7. The minimum atomic E-state index is 0.127. The summed E-state index contributed by atoms with van der Waals surface area (Å²) in [5, 5.41) is 4.11. The van der Waals surface area contributed by atoms with Crippen molar-refractivity contribution in [1.29, 1.82) is 0 Å². The van der Waals surface area contributed by atoms with E-state index in [1.54, 1.807) is 11.3 Å². The van der Waals surface area contributed by atoms with Gasteiger partial charge in [-0.1, -0.05) is 42.5 Å². The SMILES string of the molecule is O=C(CCc1nc2ccccc2s1)NCCCN1CCN(Cc2ccccc2)CC1. The maximum atomic E-state index is 12.1. The number of fused-ring (bicyclic) bond motifs is 1. The Balaban J connectivity index is 1.08. The van der Waals surface area contributed by atoms with Gasteiger partial charge in [-0.3, -0.25) is 9.69 Å². The van der Waals surface area contributed by atoms with E-state index < -0.39 is 0 Å². The Labute approximate surface area is 182 Å². The van der Waals surface area contributed by atoms with E-state index in [2.05, 4.69) is 56.5 Å². The summed E-state index contributed by atoms with van der Waals surface area (Å²) in [6, 6.07) is 18.8. The Morgan fingerprint density at radius 3 is 2.50 bits per heavy atom. The molecule has 30 heavy (non-hydrogen) atoms. The molecule has 1 fully saturated rings. The third kappa shape index (κ3) is 6.11. The number of para-hydroxylation sites is 1. The second-order valence-corrected chi connectivity index (χ2v) is 9.00. The van der Waals surface area contributed by atoms with Crippen LogP contribution < -0.4 is 5.32 Å². The van der Waals surface area contributed by atoms with Crippen molar-refractivity contribution >= 4 is 27.5 Å². The Morgan fingerprint density at radius 2 is 1.70 bits per heavy atom. The highest BCUT2D eigenvalue weighted by atomic mass is 32.1.